The van der Waals surface area contributed by atoms with Crippen molar-refractivity contribution in [2.75, 3.05) is 13.1 Å². The van der Waals surface area contributed by atoms with Crippen LogP contribution in [0.3, 0.4) is 0 Å². The Balaban J connectivity index is 1.42. The molecule has 5 nitrogen and oxygen atoms in total. The first-order chi connectivity index (χ1) is 15.2. The molecule has 1 unspecified atom stereocenters. The highest BCUT2D eigenvalue weighted by atomic mass is 35.5. The number of piperidine rings is 1. The van der Waals surface area contributed by atoms with E-state index in [-0.39, 0.29) is 18.1 Å². The SMILES string of the molecule is CC(Oc1ccccc1C(C)C)C(=O)N1CCC2(CC1)CC(=O)c1cc(Cl)cc(Cl)c1O2. The second-order valence-electron chi connectivity index (χ2n) is 8.93. The van der Waals surface area contributed by atoms with Crippen LogP contribution in [-0.4, -0.2) is 41.4 Å². The molecular weight excluding hydrogens is 449 g/mol. The molecule has 0 saturated carbocycles. The summed E-state index contributed by atoms with van der Waals surface area (Å²) in [7, 11) is 0. The lowest BCUT2D eigenvalue weighted by Gasteiger charge is -2.44. The molecule has 1 amide bonds. The minimum atomic E-state index is -0.646. The third-order valence-corrected chi connectivity index (χ3v) is 6.79. The van der Waals surface area contributed by atoms with Gasteiger partial charge in [-0.1, -0.05) is 55.2 Å². The maximum absolute atomic E-state index is 13.1. The number of carbonyl (C=O) groups is 2. The molecule has 2 aromatic carbocycles. The highest BCUT2D eigenvalue weighted by Gasteiger charge is 2.45. The van der Waals surface area contributed by atoms with Crippen LogP contribution < -0.4 is 9.47 Å². The van der Waals surface area contributed by atoms with Gasteiger partial charge in [0, 0.05) is 31.0 Å². The van der Waals surface area contributed by atoms with Crippen molar-refractivity contribution >= 4 is 34.9 Å². The van der Waals surface area contributed by atoms with Crippen molar-refractivity contribution in [3.63, 3.8) is 0 Å². The molecule has 170 valence electrons. The number of ether oxygens (including phenoxy) is 2. The molecule has 0 aliphatic carbocycles. The molecule has 32 heavy (non-hydrogen) atoms. The van der Waals surface area contributed by atoms with Crippen LogP contribution in [0.25, 0.3) is 0 Å². The van der Waals surface area contributed by atoms with E-state index in [1.54, 1.807) is 24.0 Å². The molecule has 2 aliphatic heterocycles. The Kier molecular flexibility index (Phi) is 6.42. The zero-order chi connectivity index (χ0) is 23.0. The average Bonchev–Trinajstić information content (AvgIpc) is 2.75. The molecule has 2 heterocycles. The number of para-hydroxylation sites is 1. The number of likely N-dealkylation sites (tertiary alicyclic amines) is 1. The summed E-state index contributed by atoms with van der Waals surface area (Å²) in [5.41, 5.74) is 0.860. The number of amides is 1. The van der Waals surface area contributed by atoms with Gasteiger partial charge in [-0.2, -0.15) is 0 Å². The van der Waals surface area contributed by atoms with Gasteiger partial charge in [-0.25, -0.2) is 0 Å². The lowest BCUT2D eigenvalue weighted by atomic mass is 9.82. The monoisotopic (exact) mass is 475 g/mol. The Hall–Kier alpha value is -2.24. The molecule has 0 aromatic heterocycles. The predicted molar refractivity (Wildman–Crippen MR) is 125 cm³/mol. The van der Waals surface area contributed by atoms with Crippen molar-refractivity contribution in [1.29, 1.82) is 0 Å². The summed E-state index contributed by atoms with van der Waals surface area (Å²) in [6, 6.07) is 11.0. The summed E-state index contributed by atoms with van der Waals surface area (Å²) in [6.07, 6.45) is 0.762. The summed E-state index contributed by atoms with van der Waals surface area (Å²) in [5.74, 6) is 1.34. The van der Waals surface area contributed by atoms with Crippen molar-refractivity contribution in [2.24, 2.45) is 0 Å². The minimum Gasteiger partial charge on any atom is -0.484 e. The van der Waals surface area contributed by atoms with E-state index in [0.717, 1.165) is 11.3 Å². The van der Waals surface area contributed by atoms with Crippen LogP contribution in [0, 0.1) is 0 Å². The number of benzene rings is 2. The standard InChI is InChI=1S/C25H27Cl2NO4/c1-15(2)18-6-4-5-7-22(18)31-16(3)24(30)28-10-8-25(9-11-28)14-21(29)19-12-17(26)13-20(27)23(19)32-25/h4-7,12-13,15-16H,8-11,14H2,1-3H3. The van der Waals surface area contributed by atoms with E-state index in [2.05, 4.69) is 13.8 Å². The van der Waals surface area contributed by atoms with Crippen LogP contribution in [0.15, 0.2) is 36.4 Å². The van der Waals surface area contributed by atoms with Crippen LogP contribution in [0.2, 0.25) is 10.0 Å². The topological polar surface area (TPSA) is 55.8 Å². The molecule has 1 atom stereocenters. The Morgan fingerprint density at radius 1 is 1.12 bits per heavy atom. The number of hydrogen-bond acceptors (Lipinski definition) is 4. The molecule has 7 heteroatoms. The maximum atomic E-state index is 13.1. The molecule has 0 bridgehead atoms. The van der Waals surface area contributed by atoms with E-state index in [4.69, 9.17) is 32.7 Å². The Labute approximate surface area is 198 Å². The average molecular weight is 476 g/mol. The number of fused-ring (bicyclic) bond motifs is 1. The number of carbonyl (C=O) groups excluding carboxylic acids is 2. The van der Waals surface area contributed by atoms with Gasteiger partial charge in [0.1, 0.15) is 17.1 Å². The van der Waals surface area contributed by atoms with Gasteiger partial charge >= 0.3 is 0 Å². The third kappa shape index (κ3) is 4.46. The van der Waals surface area contributed by atoms with Crippen LogP contribution >= 0.6 is 23.2 Å². The van der Waals surface area contributed by atoms with Crippen molar-refractivity contribution in [3.8, 4) is 11.5 Å². The van der Waals surface area contributed by atoms with E-state index in [9.17, 15) is 9.59 Å². The van der Waals surface area contributed by atoms with Crippen molar-refractivity contribution in [1.82, 2.24) is 4.90 Å². The fourth-order valence-corrected chi connectivity index (χ4v) is 5.02. The lowest BCUT2D eigenvalue weighted by molar-refractivity contribution is -0.141. The summed E-state index contributed by atoms with van der Waals surface area (Å²) >= 11 is 12.3. The summed E-state index contributed by atoms with van der Waals surface area (Å²) in [4.78, 5) is 27.6. The highest BCUT2D eigenvalue weighted by Crippen LogP contribution is 2.44. The van der Waals surface area contributed by atoms with E-state index in [0.29, 0.717) is 53.2 Å². The van der Waals surface area contributed by atoms with Gasteiger partial charge in [0.15, 0.2) is 11.9 Å². The van der Waals surface area contributed by atoms with Crippen molar-refractivity contribution in [3.05, 3.63) is 57.6 Å². The number of nitrogens with zero attached hydrogens (tertiary/aromatic N) is 1. The van der Waals surface area contributed by atoms with Gasteiger partial charge in [-0.3, -0.25) is 9.59 Å². The lowest BCUT2D eigenvalue weighted by Crippen LogP contribution is -2.54. The number of Topliss-reactive ketones (excluding diaryl/α,β-unsaturated/α-hetero) is 1. The molecule has 2 aromatic rings. The predicted octanol–water partition coefficient (Wildman–Crippen LogP) is 5.91. The first kappa shape index (κ1) is 22.9. The maximum Gasteiger partial charge on any atom is 0.263 e. The van der Waals surface area contributed by atoms with Gasteiger partial charge < -0.3 is 14.4 Å². The highest BCUT2D eigenvalue weighted by molar-refractivity contribution is 6.36. The van der Waals surface area contributed by atoms with Gasteiger partial charge in [0.05, 0.1) is 17.0 Å². The van der Waals surface area contributed by atoms with Gasteiger partial charge in [-0.05, 0) is 36.6 Å². The van der Waals surface area contributed by atoms with Crippen molar-refractivity contribution in [2.45, 2.75) is 57.7 Å². The zero-order valence-corrected chi connectivity index (χ0v) is 20.0. The van der Waals surface area contributed by atoms with Crippen LogP contribution in [0.1, 0.15) is 61.9 Å². The van der Waals surface area contributed by atoms with Crippen molar-refractivity contribution < 1.29 is 19.1 Å². The Bertz CT molecular complexity index is 1040. The normalized spacial score (nSPS) is 18.3. The number of hydrogen-bond donors (Lipinski definition) is 0. The summed E-state index contributed by atoms with van der Waals surface area (Å²) in [5, 5.41) is 0.749. The molecule has 1 spiro atoms. The fraction of sp³-hybridized carbons (Fsp3) is 0.440. The molecule has 0 radical (unpaired) electrons. The summed E-state index contributed by atoms with van der Waals surface area (Å²) in [6.45, 7) is 6.97. The summed E-state index contributed by atoms with van der Waals surface area (Å²) < 4.78 is 12.3. The Morgan fingerprint density at radius 3 is 2.50 bits per heavy atom. The molecule has 4 rings (SSSR count). The molecule has 1 saturated heterocycles. The second-order valence-corrected chi connectivity index (χ2v) is 9.77. The van der Waals surface area contributed by atoms with Gasteiger partial charge in [0.2, 0.25) is 0 Å². The quantitative estimate of drug-likeness (QED) is 0.551. The molecule has 0 N–H and O–H groups in total. The smallest absolute Gasteiger partial charge is 0.263 e. The van der Waals surface area contributed by atoms with E-state index in [1.165, 1.54) is 0 Å². The van der Waals surface area contributed by atoms with E-state index in [1.807, 2.05) is 24.3 Å². The largest absolute Gasteiger partial charge is 0.484 e. The number of ketones is 1. The second kappa shape index (κ2) is 8.95. The molecule has 2 aliphatic rings. The number of rotatable bonds is 4. The van der Waals surface area contributed by atoms with Crippen LogP contribution in [0.4, 0.5) is 0 Å². The number of halogens is 2. The first-order valence-electron chi connectivity index (χ1n) is 10.9. The zero-order valence-electron chi connectivity index (χ0n) is 18.5. The van der Waals surface area contributed by atoms with Crippen LogP contribution in [-0.2, 0) is 4.79 Å². The molecular formula is C25H27Cl2NO4. The minimum absolute atomic E-state index is 0.0302. The van der Waals surface area contributed by atoms with E-state index < -0.39 is 11.7 Å². The van der Waals surface area contributed by atoms with Gasteiger partial charge in [-0.15, -0.1) is 0 Å². The van der Waals surface area contributed by atoms with Gasteiger partial charge in [0.25, 0.3) is 5.91 Å². The van der Waals surface area contributed by atoms with E-state index >= 15 is 0 Å². The fourth-order valence-electron chi connectivity index (χ4n) is 4.49. The van der Waals surface area contributed by atoms with Crippen LogP contribution in [0.5, 0.6) is 11.5 Å². The first-order valence-corrected chi connectivity index (χ1v) is 11.7. The third-order valence-electron chi connectivity index (χ3n) is 6.29. The molecule has 1 fully saturated rings. The Morgan fingerprint density at radius 2 is 1.81 bits per heavy atom.